The molecule has 126 valence electrons. The maximum atomic E-state index is 12.8. The first-order valence-electron chi connectivity index (χ1n) is 7.04. The molecule has 0 saturated carbocycles. The lowest BCUT2D eigenvalue weighted by Gasteiger charge is -2.18. The molecule has 1 amide bonds. The van der Waals surface area contributed by atoms with Gasteiger partial charge in [-0.3, -0.25) is 9.36 Å². The van der Waals surface area contributed by atoms with Gasteiger partial charge in [-0.05, 0) is 29.8 Å². The largest absolute Gasteiger partial charge is 0.362 e. The first kappa shape index (κ1) is 18.6. The Balaban J connectivity index is 2.39. The van der Waals surface area contributed by atoms with Crippen LogP contribution in [0, 0.1) is 0 Å². The smallest absolute Gasteiger partial charge is 0.328 e. The number of halogens is 1. The quantitative estimate of drug-likeness (QED) is 0.704. The molecule has 24 heavy (non-hydrogen) atoms. The Hall–Kier alpha value is -1.72. The standard InChI is InChI=1S/C17H17BrNO4P/c1-22-24(21,23-2)16(14-9-6-10-15(18)11-14)12-19-17(20)13-7-4-3-5-8-13/h3-12H,1-2H3,(H,19,20). The molecule has 0 aliphatic heterocycles. The first-order valence-corrected chi connectivity index (χ1v) is 9.38. The van der Waals surface area contributed by atoms with Crippen molar-refractivity contribution in [3.8, 4) is 0 Å². The van der Waals surface area contributed by atoms with Gasteiger partial charge in [-0.15, -0.1) is 0 Å². The number of carbonyl (C=O) groups is 1. The zero-order valence-corrected chi connectivity index (χ0v) is 15.7. The second-order valence-electron chi connectivity index (χ2n) is 4.74. The van der Waals surface area contributed by atoms with E-state index in [0.717, 1.165) is 4.47 Å². The molecule has 0 fully saturated rings. The molecule has 0 bridgehead atoms. The highest BCUT2D eigenvalue weighted by Gasteiger charge is 2.29. The van der Waals surface area contributed by atoms with E-state index in [1.165, 1.54) is 20.4 Å². The number of benzene rings is 2. The van der Waals surface area contributed by atoms with E-state index in [0.29, 0.717) is 11.1 Å². The van der Waals surface area contributed by atoms with Crippen molar-refractivity contribution in [3.05, 3.63) is 76.4 Å². The van der Waals surface area contributed by atoms with Crippen molar-refractivity contribution in [2.24, 2.45) is 0 Å². The van der Waals surface area contributed by atoms with E-state index in [1.54, 1.807) is 42.5 Å². The minimum atomic E-state index is -3.56. The second-order valence-corrected chi connectivity index (χ2v) is 7.86. The number of rotatable bonds is 6. The van der Waals surface area contributed by atoms with Crippen molar-refractivity contribution in [2.45, 2.75) is 0 Å². The van der Waals surface area contributed by atoms with Crippen molar-refractivity contribution in [1.29, 1.82) is 0 Å². The third kappa shape index (κ3) is 4.42. The number of hydrogen-bond donors (Lipinski definition) is 1. The Labute approximate surface area is 149 Å². The zero-order valence-electron chi connectivity index (χ0n) is 13.2. The van der Waals surface area contributed by atoms with Gasteiger partial charge in [0.15, 0.2) is 0 Å². The van der Waals surface area contributed by atoms with Crippen LogP contribution in [0.3, 0.4) is 0 Å². The molecular weight excluding hydrogens is 393 g/mol. The van der Waals surface area contributed by atoms with Gasteiger partial charge in [0.05, 0.1) is 5.31 Å². The van der Waals surface area contributed by atoms with Gasteiger partial charge in [-0.25, -0.2) is 0 Å². The van der Waals surface area contributed by atoms with Crippen LogP contribution in [-0.4, -0.2) is 20.1 Å². The minimum Gasteiger partial charge on any atom is -0.328 e. The summed E-state index contributed by atoms with van der Waals surface area (Å²) >= 11 is 3.37. The monoisotopic (exact) mass is 409 g/mol. The van der Waals surface area contributed by atoms with Gasteiger partial charge in [-0.2, -0.15) is 0 Å². The molecule has 0 aliphatic carbocycles. The van der Waals surface area contributed by atoms with Crippen molar-refractivity contribution >= 4 is 34.7 Å². The number of nitrogens with one attached hydrogen (secondary N) is 1. The lowest BCUT2D eigenvalue weighted by molar-refractivity contribution is 0.0970. The topological polar surface area (TPSA) is 64.6 Å². The number of carbonyl (C=O) groups excluding carboxylic acids is 1. The summed E-state index contributed by atoms with van der Waals surface area (Å²) in [5.74, 6) is -0.318. The molecule has 0 atom stereocenters. The van der Waals surface area contributed by atoms with Crippen LogP contribution < -0.4 is 5.32 Å². The Morgan fingerprint density at radius 3 is 2.25 bits per heavy atom. The summed E-state index contributed by atoms with van der Waals surface area (Å²) in [7, 11) is -0.954. The lowest BCUT2D eigenvalue weighted by Crippen LogP contribution is -2.17. The Morgan fingerprint density at radius 2 is 1.67 bits per heavy atom. The van der Waals surface area contributed by atoms with E-state index >= 15 is 0 Å². The molecule has 1 N–H and O–H groups in total. The van der Waals surface area contributed by atoms with Gasteiger partial charge in [0, 0.05) is 30.5 Å². The van der Waals surface area contributed by atoms with Crippen LogP contribution in [0.5, 0.6) is 0 Å². The van der Waals surface area contributed by atoms with E-state index in [4.69, 9.17) is 9.05 Å². The van der Waals surface area contributed by atoms with E-state index in [2.05, 4.69) is 21.2 Å². The SMILES string of the molecule is COP(=O)(OC)C(=CNC(=O)c1ccccc1)c1cccc(Br)c1. The van der Waals surface area contributed by atoms with E-state index in [9.17, 15) is 9.36 Å². The van der Waals surface area contributed by atoms with Crippen LogP contribution in [0.25, 0.3) is 5.31 Å². The van der Waals surface area contributed by atoms with E-state index in [1.807, 2.05) is 12.1 Å². The van der Waals surface area contributed by atoms with Crippen LogP contribution >= 0.6 is 23.5 Å². The average Bonchev–Trinajstić information content (AvgIpc) is 2.62. The predicted octanol–water partition coefficient (Wildman–Crippen LogP) is 4.66. The van der Waals surface area contributed by atoms with Gasteiger partial charge in [-0.1, -0.05) is 46.3 Å². The summed E-state index contributed by atoms with van der Waals surface area (Å²) < 4.78 is 23.8. The van der Waals surface area contributed by atoms with Crippen LogP contribution in [0.2, 0.25) is 0 Å². The predicted molar refractivity (Wildman–Crippen MR) is 97.7 cm³/mol. The molecule has 0 radical (unpaired) electrons. The number of amides is 1. The summed E-state index contributed by atoms with van der Waals surface area (Å²) in [6.07, 6.45) is 1.37. The fourth-order valence-electron chi connectivity index (χ4n) is 2.05. The molecule has 0 aromatic heterocycles. The second kappa shape index (κ2) is 8.40. The third-order valence-electron chi connectivity index (χ3n) is 3.27. The molecule has 0 spiro atoms. The third-order valence-corrected chi connectivity index (χ3v) is 5.70. The molecule has 2 aromatic carbocycles. The Bertz CT molecular complexity index is 784. The molecule has 0 heterocycles. The molecule has 2 aromatic rings. The molecule has 2 rings (SSSR count). The van der Waals surface area contributed by atoms with Crippen molar-refractivity contribution < 1.29 is 18.4 Å². The normalized spacial score (nSPS) is 12.0. The van der Waals surface area contributed by atoms with Gasteiger partial charge in [0.2, 0.25) is 0 Å². The first-order chi connectivity index (χ1) is 11.5. The fraction of sp³-hybridized carbons (Fsp3) is 0.118. The average molecular weight is 410 g/mol. The molecule has 7 heteroatoms. The highest BCUT2D eigenvalue weighted by atomic mass is 79.9. The lowest BCUT2D eigenvalue weighted by atomic mass is 10.2. The van der Waals surface area contributed by atoms with E-state index < -0.39 is 7.60 Å². The van der Waals surface area contributed by atoms with Gasteiger partial charge in [0.25, 0.3) is 5.91 Å². The summed E-state index contributed by atoms with van der Waals surface area (Å²) in [6, 6.07) is 15.9. The van der Waals surface area contributed by atoms with Crippen LogP contribution in [0.1, 0.15) is 15.9 Å². The maximum absolute atomic E-state index is 12.8. The zero-order chi connectivity index (χ0) is 17.6. The molecule has 0 aliphatic rings. The maximum Gasteiger partial charge on any atom is 0.362 e. The summed E-state index contributed by atoms with van der Waals surface area (Å²) in [6.45, 7) is 0. The summed E-state index contributed by atoms with van der Waals surface area (Å²) in [5.41, 5.74) is 1.11. The van der Waals surface area contributed by atoms with Gasteiger partial charge < -0.3 is 14.4 Å². The highest BCUT2D eigenvalue weighted by molar-refractivity contribution is 9.10. The fourth-order valence-corrected chi connectivity index (χ4v) is 3.67. The molecule has 0 saturated heterocycles. The Morgan fingerprint density at radius 1 is 1.04 bits per heavy atom. The van der Waals surface area contributed by atoms with Gasteiger partial charge >= 0.3 is 7.60 Å². The van der Waals surface area contributed by atoms with Crippen molar-refractivity contribution in [1.82, 2.24) is 5.32 Å². The van der Waals surface area contributed by atoms with Crippen LogP contribution in [-0.2, 0) is 13.6 Å². The van der Waals surface area contributed by atoms with Crippen LogP contribution in [0.15, 0.2) is 65.3 Å². The van der Waals surface area contributed by atoms with Crippen molar-refractivity contribution in [3.63, 3.8) is 0 Å². The van der Waals surface area contributed by atoms with E-state index in [-0.39, 0.29) is 11.2 Å². The number of hydrogen-bond acceptors (Lipinski definition) is 4. The molecular formula is C17H17BrNO4P. The summed E-state index contributed by atoms with van der Waals surface area (Å²) in [4.78, 5) is 12.2. The highest BCUT2D eigenvalue weighted by Crippen LogP contribution is 2.59. The molecule has 0 unspecified atom stereocenters. The minimum absolute atomic E-state index is 0.262. The Kier molecular flexibility index (Phi) is 6.52. The van der Waals surface area contributed by atoms with Crippen molar-refractivity contribution in [2.75, 3.05) is 14.2 Å². The van der Waals surface area contributed by atoms with Crippen LogP contribution in [0.4, 0.5) is 0 Å². The summed E-state index contributed by atoms with van der Waals surface area (Å²) in [5, 5.41) is 2.90. The molecule has 5 nitrogen and oxygen atoms in total. The van der Waals surface area contributed by atoms with Gasteiger partial charge in [0.1, 0.15) is 0 Å².